The van der Waals surface area contributed by atoms with Crippen LogP contribution in [0.1, 0.15) is 99.3 Å². The molecule has 0 radical (unpaired) electrons. The number of hydrogen-bond donors (Lipinski definition) is 9. The summed E-state index contributed by atoms with van der Waals surface area (Å²) in [6.45, 7) is 12.0. The van der Waals surface area contributed by atoms with E-state index in [0.717, 1.165) is 51.4 Å². The van der Waals surface area contributed by atoms with Crippen LogP contribution in [0.4, 0.5) is 0 Å². The SMILES string of the molecule is CC1CCC2(OC1)OC1CC3C4CCC5=CC(OC6OC(CO)C(OC7OC(C)C(O)C(O)C7O)C(O)C6OC6OC(C)C(O)C(O)C6O)CCC5(C)C4CCC3(C)C1(O)C2C. The molecule has 17 nitrogen and oxygen atoms in total. The van der Waals surface area contributed by atoms with E-state index in [1.165, 1.54) is 19.4 Å². The molecule has 26 atom stereocenters. The second-order valence-corrected chi connectivity index (χ2v) is 21.1. The third-order valence-corrected chi connectivity index (χ3v) is 17.9. The van der Waals surface area contributed by atoms with Gasteiger partial charge in [0.05, 0.1) is 37.6 Å². The van der Waals surface area contributed by atoms with Crippen LogP contribution in [0.2, 0.25) is 0 Å². The maximum atomic E-state index is 12.8. The molecule has 4 aliphatic carbocycles. The molecule has 26 unspecified atom stereocenters. The van der Waals surface area contributed by atoms with Crippen LogP contribution in [-0.4, -0.2) is 175 Å². The minimum atomic E-state index is -1.73. The molecule has 0 aromatic carbocycles. The molecule has 62 heavy (non-hydrogen) atoms. The van der Waals surface area contributed by atoms with Crippen LogP contribution in [-0.2, 0) is 37.9 Å². The first-order valence-corrected chi connectivity index (χ1v) is 23.3. The highest BCUT2D eigenvalue weighted by molar-refractivity contribution is 5.29. The maximum Gasteiger partial charge on any atom is 0.187 e. The van der Waals surface area contributed by atoms with Gasteiger partial charge in [0, 0.05) is 17.8 Å². The highest BCUT2D eigenvalue weighted by Gasteiger charge is 2.76. The van der Waals surface area contributed by atoms with Crippen molar-refractivity contribution < 1.29 is 83.9 Å². The lowest BCUT2D eigenvalue weighted by atomic mass is 9.45. The number of allylic oxidation sites excluding steroid dienone is 1. The number of aliphatic hydroxyl groups is 9. The fourth-order valence-corrected chi connectivity index (χ4v) is 13.9. The predicted molar refractivity (Wildman–Crippen MR) is 214 cm³/mol. The smallest absolute Gasteiger partial charge is 0.187 e. The molecule has 8 fully saturated rings. The van der Waals surface area contributed by atoms with Gasteiger partial charge in [-0.05, 0) is 94.3 Å². The molecule has 3 saturated carbocycles. The number of hydrogen-bond acceptors (Lipinski definition) is 17. The standard InChI is InChI=1S/C45H72O17/c1-19-9-14-44(55-18-19)22(4)45(54)29(62-44)16-27-25-8-7-23-15-24(10-12-42(23,5)26(25)11-13-43(27,45)6)58-41-38(61-40-35(52)33(50)31(48)21(3)57-40)36(53)37(28(17-46)59-41)60-39-34(51)32(49)30(47)20(2)56-39/h15,19-22,24-41,46-54H,7-14,16-18H2,1-6H3. The van der Waals surface area contributed by atoms with Crippen molar-refractivity contribution in [2.24, 2.45) is 40.4 Å². The van der Waals surface area contributed by atoms with E-state index >= 15 is 0 Å². The Kier molecular flexibility index (Phi) is 12.4. The van der Waals surface area contributed by atoms with Crippen molar-refractivity contribution in [3.63, 3.8) is 0 Å². The molecule has 5 aliphatic heterocycles. The third-order valence-electron chi connectivity index (χ3n) is 17.9. The summed E-state index contributed by atoms with van der Waals surface area (Å²) in [5.74, 6) is 0.745. The van der Waals surface area contributed by atoms with Gasteiger partial charge in [-0.1, -0.05) is 39.3 Å². The Morgan fingerprint density at radius 1 is 0.677 bits per heavy atom. The highest BCUT2D eigenvalue weighted by Crippen LogP contribution is 2.72. The summed E-state index contributed by atoms with van der Waals surface area (Å²) in [6.07, 6.45) is -12.6. The summed E-state index contributed by atoms with van der Waals surface area (Å²) >= 11 is 0. The van der Waals surface area contributed by atoms with Gasteiger partial charge >= 0.3 is 0 Å². The molecule has 0 bridgehead atoms. The van der Waals surface area contributed by atoms with Crippen molar-refractivity contribution in [3.8, 4) is 0 Å². The summed E-state index contributed by atoms with van der Waals surface area (Å²) in [6, 6.07) is 0. The zero-order valence-electron chi connectivity index (χ0n) is 36.8. The van der Waals surface area contributed by atoms with Crippen LogP contribution >= 0.6 is 0 Å². The number of aliphatic hydroxyl groups excluding tert-OH is 8. The van der Waals surface area contributed by atoms with Gasteiger partial charge in [0.1, 0.15) is 66.6 Å². The van der Waals surface area contributed by atoms with Gasteiger partial charge in [-0.2, -0.15) is 0 Å². The fraction of sp³-hybridized carbons (Fsp3) is 0.956. The van der Waals surface area contributed by atoms with E-state index in [9.17, 15) is 46.0 Å². The first-order valence-electron chi connectivity index (χ1n) is 23.3. The minimum absolute atomic E-state index is 0.112. The number of rotatable bonds is 7. The van der Waals surface area contributed by atoms with Crippen molar-refractivity contribution >= 4 is 0 Å². The predicted octanol–water partition coefficient (Wildman–Crippen LogP) is 0.357. The topological polar surface area (TPSA) is 256 Å². The molecule has 1 spiro atoms. The minimum Gasteiger partial charge on any atom is -0.394 e. The summed E-state index contributed by atoms with van der Waals surface area (Å²) in [7, 11) is 0. The normalized spacial score (nSPS) is 58.9. The molecule has 354 valence electrons. The summed E-state index contributed by atoms with van der Waals surface area (Å²) in [5, 5.41) is 98.7. The van der Waals surface area contributed by atoms with Gasteiger partial charge in [-0.3, -0.25) is 0 Å². The van der Waals surface area contributed by atoms with E-state index in [4.69, 9.17) is 37.9 Å². The van der Waals surface area contributed by atoms with E-state index in [1.807, 2.05) is 0 Å². The van der Waals surface area contributed by atoms with E-state index < -0.39 is 116 Å². The Bertz CT molecular complexity index is 1640. The molecule has 0 aromatic rings. The Morgan fingerprint density at radius 3 is 1.94 bits per heavy atom. The Labute approximate surface area is 363 Å². The van der Waals surface area contributed by atoms with Crippen molar-refractivity contribution in [1.82, 2.24) is 0 Å². The fourth-order valence-electron chi connectivity index (χ4n) is 13.9. The molecule has 17 heteroatoms. The van der Waals surface area contributed by atoms with Gasteiger partial charge in [-0.15, -0.1) is 0 Å². The summed E-state index contributed by atoms with van der Waals surface area (Å²) in [4.78, 5) is 0. The number of ether oxygens (including phenoxy) is 8. The Morgan fingerprint density at radius 2 is 1.32 bits per heavy atom. The zero-order valence-corrected chi connectivity index (χ0v) is 36.8. The largest absolute Gasteiger partial charge is 0.394 e. The van der Waals surface area contributed by atoms with Crippen LogP contribution in [0.15, 0.2) is 11.6 Å². The molecule has 9 aliphatic rings. The lowest BCUT2D eigenvalue weighted by Crippen LogP contribution is -2.66. The average molecular weight is 885 g/mol. The van der Waals surface area contributed by atoms with Crippen molar-refractivity contribution in [2.45, 2.75) is 215 Å². The average Bonchev–Trinajstić information content (AvgIpc) is 3.60. The quantitative estimate of drug-likeness (QED) is 0.157. The molecular weight excluding hydrogens is 812 g/mol. The van der Waals surface area contributed by atoms with E-state index in [2.05, 4.69) is 33.8 Å². The van der Waals surface area contributed by atoms with E-state index in [1.54, 1.807) is 0 Å². The molecule has 5 heterocycles. The summed E-state index contributed by atoms with van der Waals surface area (Å²) in [5.41, 5.74) is -0.0920. The van der Waals surface area contributed by atoms with Gasteiger partial charge in [0.2, 0.25) is 0 Å². The second kappa shape index (κ2) is 16.7. The first kappa shape index (κ1) is 46.2. The van der Waals surface area contributed by atoms with E-state index in [-0.39, 0.29) is 22.9 Å². The van der Waals surface area contributed by atoms with Crippen LogP contribution in [0, 0.1) is 40.4 Å². The molecule has 9 N–H and O–H groups in total. The lowest BCUT2D eigenvalue weighted by molar-refractivity contribution is -0.387. The lowest BCUT2D eigenvalue weighted by Gasteiger charge is -2.60. The first-order chi connectivity index (χ1) is 29.3. The van der Waals surface area contributed by atoms with Crippen molar-refractivity contribution in [2.75, 3.05) is 13.2 Å². The van der Waals surface area contributed by atoms with Gasteiger partial charge in [0.15, 0.2) is 24.7 Å². The van der Waals surface area contributed by atoms with Crippen molar-refractivity contribution in [1.29, 1.82) is 0 Å². The Balaban J connectivity index is 0.931. The molecule has 0 amide bonds. The molecule has 5 saturated heterocycles. The number of fused-ring (bicyclic) bond motifs is 7. The highest BCUT2D eigenvalue weighted by atomic mass is 16.8. The zero-order chi connectivity index (χ0) is 44.4. The second-order valence-electron chi connectivity index (χ2n) is 21.1. The van der Waals surface area contributed by atoms with Crippen LogP contribution in [0.5, 0.6) is 0 Å². The monoisotopic (exact) mass is 884 g/mol. The molecule has 0 aromatic heterocycles. The van der Waals surface area contributed by atoms with E-state index in [0.29, 0.717) is 36.7 Å². The third kappa shape index (κ3) is 7.05. The maximum absolute atomic E-state index is 12.8. The summed E-state index contributed by atoms with van der Waals surface area (Å²) < 4.78 is 49.8. The van der Waals surface area contributed by atoms with Gasteiger partial charge in [0.25, 0.3) is 0 Å². The molecular formula is C45H72O17. The van der Waals surface area contributed by atoms with Crippen LogP contribution < -0.4 is 0 Å². The van der Waals surface area contributed by atoms with Crippen LogP contribution in [0.25, 0.3) is 0 Å². The molecule has 9 rings (SSSR count). The van der Waals surface area contributed by atoms with Gasteiger partial charge < -0.3 is 83.9 Å². The van der Waals surface area contributed by atoms with Crippen molar-refractivity contribution in [3.05, 3.63) is 11.6 Å². The van der Waals surface area contributed by atoms with Gasteiger partial charge in [-0.25, -0.2) is 0 Å². The van der Waals surface area contributed by atoms with Crippen LogP contribution in [0.3, 0.4) is 0 Å². The Hall–Kier alpha value is -0.940.